The highest BCUT2D eigenvalue weighted by Crippen LogP contribution is 2.05. The van der Waals surface area contributed by atoms with Crippen molar-refractivity contribution in [1.29, 1.82) is 0 Å². The first kappa shape index (κ1) is 9.84. The zero-order valence-corrected chi connectivity index (χ0v) is 6.46. The van der Waals surface area contributed by atoms with Crippen molar-refractivity contribution in [2.45, 2.75) is 19.8 Å². The molecule has 4 nitrogen and oxygen atoms in total. The fourth-order valence-corrected chi connectivity index (χ4v) is 0.611. The van der Waals surface area contributed by atoms with Gasteiger partial charge in [-0.15, -0.1) is 0 Å². The summed E-state index contributed by atoms with van der Waals surface area (Å²) >= 11 is 0. The van der Waals surface area contributed by atoms with E-state index in [0.29, 0.717) is 13.2 Å². The molecule has 0 aromatic rings. The Balaban J connectivity index is 3.69. The van der Waals surface area contributed by atoms with E-state index >= 15 is 0 Å². The van der Waals surface area contributed by atoms with Gasteiger partial charge in [-0.05, 0) is 13.8 Å². The maximum absolute atomic E-state index is 9.25. The molecular weight excluding hydrogens is 134 g/mol. The standard InChI is InChI=1S/C6H15NO3/c1-3-9-6(8,5-7)10-4-2/h8H,3-5,7H2,1-2H3. The fraction of sp³-hybridized carbons (Fsp3) is 1.00. The van der Waals surface area contributed by atoms with Gasteiger partial charge in [-0.3, -0.25) is 0 Å². The summed E-state index contributed by atoms with van der Waals surface area (Å²) in [6.07, 6.45) is 0. The predicted molar refractivity (Wildman–Crippen MR) is 37.3 cm³/mol. The van der Waals surface area contributed by atoms with Crippen molar-refractivity contribution in [2.75, 3.05) is 19.8 Å². The molecule has 0 fully saturated rings. The number of aliphatic hydroxyl groups is 1. The minimum absolute atomic E-state index is 0.0469. The maximum atomic E-state index is 9.25. The van der Waals surface area contributed by atoms with E-state index in [4.69, 9.17) is 15.2 Å². The lowest BCUT2D eigenvalue weighted by Gasteiger charge is -2.24. The van der Waals surface area contributed by atoms with Crippen molar-refractivity contribution in [3.63, 3.8) is 0 Å². The number of ether oxygens (including phenoxy) is 2. The van der Waals surface area contributed by atoms with Crippen molar-refractivity contribution < 1.29 is 14.6 Å². The van der Waals surface area contributed by atoms with Crippen LogP contribution in [-0.2, 0) is 9.47 Å². The van der Waals surface area contributed by atoms with E-state index in [1.807, 2.05) is 0 Å². The second-order valence-corrected chi connectivity index (χ2v) is 1.78. The highest BCUT2D eigenvalue weighted by Gasteiger charge is 2.25. The minimum atomic E-state index is -1.58. The Morgan fingerprint density at radius 3 is 1.90 bits per heavy atom. The van der Waals surface area contributed by atoms with Gasteiger partial charge in [0.25, 0.3) is 5.97 Å². The lowest BCUT2D eigenvalue weighted by molar-refractivity contribution is -0.350. The average molecular weight is 149 g/mol. The molecule has 0 aliphatic carbocycles. The number of hydrogen-bond donors (Lipinski definition) is 2. The Morgan fingerprint density at radius 2 is 1.70 bits per heavy atom. The molecule has 0 bridgehead atoms. The van der Waals surface area contributed by atoms with Crippen LogP contribution < -0.4 is 5.73 Å². The number of nitrogens with two attached hydrogens (primary N) is 1. The molecule has 0 spiro atoms. The van der Waals surface area contributed by atoms with Gasteiger partial charge in [0, 0.05) is 13.2 Å². The van der Waals surface area contributed by atoms with Crippen LogP contribution in [-0.4, -0.2) is 30.8 Å². The fourth-order valence-electron chi connectivity index (χ4n) is 0.611. The first-order chi connectivity index (χ1) is 4.68. The van der Waals surface area contributed by atoms with E-state index in [9.17, 15) is 5.11 Å². The lowest BCUT2D eigenvalue weighted by Crippen LogP contribution is -2.43. The summed E-state index contributed by atoms with van der Waals surface area (Å²) in [4.78, 5) is 0. The molecule has 0 aromatic heterocycles. The molecule has 0 aliphatic rings. The summed E-state index contributed by atoms with van der Waals surface area (Å²) < 4.78 is 9.65. The Kier molecular flexibility index (Phi) is 4.55. The normalized spacial score (nSPS) is 12.0. The van der Waals surface area contributed by atoms with Crippen LogP contribution in [0.2, 0.25) is 0 Å². The second-order valence-electron chi connectivity index (χ2n) is 1.78. The quantitative estimate of drug-likeness (QED) is 0.525. The summed E-state index contributed by atoms with van der Waals surface area (Å²) in [5.74, 6) is -1.58. The number of hydrogen-bond acceptors (Lipinski definition) is 4. The summed E-state index contributed by atoms with van der Waals surface area (Å²) in [6, 6.07) is 0. The van der Waals surface area contributed by atoms with Crippen molar-refractivity contribution in [3.8, 4) is 0 Å². The van der Waals surface area contributed by atoms with E-state index in [1.165, 1.54) is 0 Å². The predicted octanol–water partition coefficient (Wildman–Crippen LogP) is -0.336. The van der Waals surface area contributed by atoms with Crippen LogP contribution in [0.4, 0.5) is 0 Å². The van der Waals surface area contributed by atoms with Crippen LogP contribution in [0.3, 0.4) is 0 Å². The smallest absolute Gasteiger partial charge is 0.293 e. The highest BCUT2D eigenvalue weighted by atomic mass is 16.8. The zero-order valence-electron chi connectivity index (χ0n) is 6.46. The number of rotatable bonds is 5. The molecule has 0 radical (unpaired) electrons. The largest absolute Gasteiger partial charge is 0.342 e. The Bertz CT molecular complexity index is 81.1. The van der Waals surface area contributed by atoms with Gasteiger partial charge in [-0.1, -0.05) is 0 Å². The Morgan fingerprint density at radius 1 is 1.30 bits per heavy atom. The summed E-state index contributed by atoms with van der Waals surface area (Å²) in [6.45, 7) is 4.25. The first-order valence-corrected chi connectivity index (χ1v) is 3.39. The molecule has 0 heterocycles. The van der Waals surface area contributed by atoms with Gasteiger partial charge in [0.15, 0.2) is 0 Å². The third-order valence-electron chi connectivity index (χ3n) is 0.998. The molecular formula is C6H15NO3. The van der Waals surface area contributed by atoms with Crippen molar-refractivity contribution in [3.05, 3.63) is 0 Å². The molecule has 3 N–H and O–H groups in total. The monoisotopic (exact) mass is 149 g/mol. The molecule has 10 heavy (non-hydrogen) atoms. The van der Waals surface area contributed by atoms with Crippen LogP contribution in [0.15, 0.2) is 0 Å². The van der Waals surface area contributed by atoms with Gasteiger partial charge < -0.3 is 20.3 Å². The van der Waals surface area contributed by atoms with Gasteiger partial charge in [-0.2, -0.15) is 0 Å². The first-order valence-electron chi connectivity index (χ1n) is 3.39. The third-order valence-corrected chi connectivity index (χ3v) is 0.998. The van der Waals surface area contributed by atoms with Crippen LogP contribution >= 0.6 is 0 Å². The molecule has 0 atom stereocenters. The average Bonchev–Trinajstić information content (AvgIpc) is 1.89. The van der Waals surface area contributed by atoms with Gasteiger partial charge in [0.05, 0.1) is 6.54 Å². The van der Waals surface area contributed by atoms with Gasteiger partial charge in [-0.25, -0.2) is 0 Å². The molecule has 0 aromatic carbocycles. The summed E-state index contributed by atoms with van der Waals surface area (Å²) in [5.41, 5.74) is 5.18. The lowest BCUT2D eigenvalue weighted by atomic mass is 10.5. The van der Waals surface area contributed by atoms with Crippen LogP contribution in [0.5, 0.6) is 0 Å². The molecule has 0 aliphatic heterocycles. The Hall–Kier alpha value is -0.160. The zero-order chi connectivity index (χ0) is 8.04. The van der Waals surface area contributed by atoms with E-state index in [2.05, 4.69) is 0 Å². The van der Waals surface area contributed by atoms with E-state index < -0.39 is 5.97 Å². The van der Waals surface area contributed by atoms with Gasteiger partial charge in [0.2, 0.25) is 0 Å². The summed E-state index contributed by atoms with van der Waals surface area (Å²) in [7, 11) is 0. The summed E-state index contributed by atoms with van der Waals surface area (Å²) in [5, 5.41) is 9.25. The maximum Gasteiger partial charge on any atom is 0.293 e. The van der Waals surface area contributed by atoms with Crippen molar-refractivity contribution >= 4 is 0 Å². The van der Waals surface area contributed by atoms with Gasteiger partial charge >= 0.3 is 0 Å². The van der Waals surface area contributed by atoms with E-state index in [1.54, 1.807) is 13.8 Å². The molecule has 0 amide bonds. The second kappa shape index (κ2) is 4.62. The highest BCUT2D eigenvalue weighted by molar-refractivity contribution is 4.52. The van der Waals surface area contributed by atoms with E-state index in [0.717, 1.165) is 0 Å². The van der Waals surface area contributed by atoms with Gasteiger partial charge in [0.1, 0.15) is 0 Å². The van der Waals surface area contributed by atoms with Crippen molar-refractivity contribution in [2.24, 2.45) is 5.73 Å². The molecule has 0 unspecified atom stereocenters. The van der Waals surface area contributed by atoms with Crippen LogP contribution in [0, 0.1) is 0 Å². The topological polar surface area (TPSA) is 64.7 Å². The minimum Gasteiger partial charge on any atom is -0.342 e. The molecule has 0 rings (SSSR count). The molecule has 0 saturated heterocycles. The molecule has 4 heteroatoms. The SMILES string of the molecule is CCOC(O)(CN)OCC. The molecule has 62 valence electrons. The Labute approximate surface area is 60.9 Å². The van der Waals surface area contributed by atoms with Crippen molar-refractivity contribution in [1.82, 2.24) is 0 Å². The van der Waals surface area contributed by atoms with E-state index in [-0.39, 0.29) is 6.54 Å². The van der Waals surface area contributed by atoms with Crippen LogP contribution in [0.1, 0.15) is 13.8 Å². The van der Waals surface area contributed by atoms with Crippen LogP contribution in [0.25, 0.3) is 0 Å². The third kappa shape index (κ3) is 3.12. The molecule has 0 saturated carbocycles.